The van der Waals surface area contributed by atoms with Crippen LogP contribution < -0.4 is 0 Å². The number of alkyl halides is 1. The van der Waals surface area contributed by atoms with Gasteiger partial charge >= 0.3 is 0 Å². The van der Waals surface area contributed by atoms with Crippen molar-refractivity contribution in [2.45, 2.75) is 26.1 Å². The molecule has 0 N–H and O–H groups in total. The van der Waals surface area contributed by atoms with E-state index in [4.69, 9.17) is 11.6 Å². The minimum Gasteiger partial charge on any atom is -0.143 e. The van der Waals surface area contributed by atoms with Crippen LogP contribution in [0.5, 0.6) is 0 Å². The first-order valence-electron chi connectivity index (χ1n) is 5.46. The van der Waals surface area contributed by atoms with E-state index < -0.39 is 0 Å². The molecule has 1 unspecified atom stereocenters. The number of thiophene rings is 1. The number of rotatable bonds is 2. The van der Waals surface area contributed by atoms with Crippen LogP contribution in [0.25, 0.3) is 0 Å². The molecule has 0 radical (unpaired) electrons. The third-order valence-electron chi connectivity index (χ3n) is 2.89. The summed E-state index contributed by atoms with van der Waals surface area (Å²) in [5.41, 5.74) is 3.69. The molecule has 2 aromatic rings. The Morgan fingerprint density at radius 1 is 1.24 bits per heavy atom. The van der Waals surface area contributed by atoms with Crippen LogP contribution in [0.15, 0.2) is 28.7 Å². The molecule has 0 bridgehead atoms. The van der Waals surface area contributed by atoms with Crippen molar-refractivity contribution < 1.29 is 0 Å². The van der Waals surface area contributed by atoms with Gasteiger partial charge in [0.15, 0.2) is 0 Å². The predicted molar refractivity (Wildman–Crippen MR) is 80.4 cm³/mol. The summed E-state index contributed by atoms with van der Waals surface area (Å²) in [7, 11) is 0. The zero-order valence-electron chi connectivity index (χ0n) is 10.1. The molecular formula is C14H14BrClS. The second kappa shape index (κ2) is 5.13. The fraction of sp³-hybridized carbons (Fsp3) is 0.286. The van der Waals surface area contributed by atoms with Crippen molar-refractivity contribution >= 4 is 38.9 Å². The lowest BCUT2D eigenvalue weighted by molar-refractivity contribution is 1.12. The summed E-state index contributed by atoms with van der Waals surface area (Å²) in [6.07, 6.45) is 0. The van der Waals surface area contributed by atoms with Gasteiger partial charge in [0.2, 0.25) is 0 Å². The summed E-state index contributed by atoms with van der Waals surface area (Å²) in [4.78, 5) is 2.57. The van der Waals surface area contributed by atoms with Crippen molar-refractivity contribution in [3.05, 3.63) is 55.2 Å². The van der Waals surface area contributed by atoms with Crippen LogP contribution in [-0.4, -0.2) is 0 Å². The number of aryl methyl sites for hydroxylation is 2. The monoisotopic (exact) mass is 328 g/mol. The van der Waals surface area contributed by atoms with E-state index in [1.807, 2.05) is 6.07 Å². The summed E-state index contributed by atoms with van der Waals surface area (Å²) in [5.74, 6) is 0. The van der Waals surface area contributed by atoms with Crippen molar-refractivity contribution in [3.8, 4) is 0 Å². The van der Waals surface area contributed by atoms with Gasteiger partial charge in [-0.2, -0.15) is 0 Å². The van der Waals surface area contributed by atoms with E-state index in [0.29, 0.717) is 0 Å². The zero-order valence-corrected chi connectivity index (χ0v) is 13.2. The van der Waals surface area contributed by atoms with E-state index in [1.165, 1.54) is 26.4 Å². The van der Waals surface area contributed by atoms with E-state index in [1.54, 1.807) is 11.3 Å². The maximum absolute atomic E-state index is 6.62. The second-order valence-corrected chi connectivity index (χ2v) is 6.80. The molecule has 1 atom stereocenters. The summed E-state index contributed by atoms with van der Waals surface area (Å²) < 4.78 is 1.12. The minimum absolute atomic E-state index is 0.0498. The summed E-state index contributed by atoms with van der Waals surface area (Å²) in [5, 5.41) is -0.0498. The van der Waals surface area contributed by atoms with Crippen LogP contribution in [0, 0.1) is 20.8 Å². The Hall–Kier alpha value is -0.310. The Morgan fingerprint density at radius 3 is 2.53 bits per heavy atom. The predicted octanol–water partition coefficient (Wildman–Crippen LogP) is 5.76. The molecule has 1 aromatic heterocycles. The van der Waals surface area contributed by atoms with E-state index in [2.05, 4.69) is 54.9 Å². The lowest BCUT2D eigenvalue weighted by Crippen LogP contribution is -1.96. The Balaban J connectivity index is 2.47. The highest BCUT2D eigenvalue weighted by atomic mass is 79.9. The van der Waals surface area contributed by atoms with Crippen LogP contribution in [0.3, 0.4) is 0 Å². The second-order valence-electron chi connectivity index (χ2n) is 4.22. The molecule has 0 saturated heterocycles. The van der Waals surface area contributed by atoms with Gasteiger partial charge in [-0.15, -0.1) is 22.9 Å². The highest BCUT2D eigenvalue weighted by molar-refractivity contribution is 9.10. The topological polar surface area (TPSA) is 0 Å². The van der Waals surface area contributed by atoms with Gasteiger partial charge in [0, 0.05) is 14.2 Å². The molecule has 1 heterocycles. The van der Waals surface area contributed by atoms with Crippen LogP contribution in [0.2, 0.25) is 0 Å². The fourth-order valence-corrected chi connectivity index (χ4v) is 3.91. The van der Waals surface area contributed by atoms with Crippen LogP contribution >= 0.6 is 38.9 Å². The Morgan fingerprint density at radius 2 is 1.94 bits per heavy atom. The standard InChI is InChI=1S/C14H14BrClS/c1-8-7-9(2)17-14(8)13(16)11-5-4-6-12(15)10(11)3/h4-7,13H,1-3H3. The van der Waals surface area contributed by atoms with Gasteiger partial charge in [-0.1, -0.05) is 28.1 Å². The van der Waals surface area contributed by atoms with Crippen molar-refractivity contribution in [3.63, 3.8) is 0 Å². The molecule has 0 aliphatic heterocycles. The van der Waals surface area contributed by atoms with E-state index in [-0.39, 0.29) is 5.38 Å². The maximum atomic E-state index is 6.62. The average molecular weight is 330 g/mol. The Bertz CT molecular complexity index is 545. The Kier molecular flexibility index (Phi) is 3.96. The fourth-order valence-electron chi connectivity index (χ4n) is 1.95. The largest absolute Gasteiger partial charge is 0.143 e. The van der Waals surface area contributed by atoms with Crippen LogP contribution in [0.1, 0.15) is 31.8 Å². The maximum Gasteiger partial charge on any atom is 0.0933 e. The summed E-state index contributed by atoms with van der Waals surface area (Å²) in [6, 6.07) is 8.39. The normalized spacial score (nSPS) is 12.8. The van der Waals surface area contributed by atoms with Crippen molar-refractivity contribution in [1.29, 1.82) is 0 Å². The van der Waals surface area contributed by atoms with Gasteiger partial charge in [-0.05, 0) is 49.6 Å². The molecule has 0 aliphatic carbocycles. The molecule has 0 amide bonds. The van der Waals surface area contributed by atoms with Gasteiger partial charge in [-0.3, -0.25) is 0 Å². The number of benzene rings is 1. The van der Waals surface area contributed by atoms with Gasteiger partial charge < -0.3 is 0 Å². The van der Waals surface area contributed by atoms with Gasteiger partial charge in [-0.25, -0.2) is 0 Å². The lowest BCUT2D eigenvalue weighted by atomic mass is 10.0. The molecule has 0 nitrogen and oxygen atoms in total. The van der Waals surface area contributed by atoms with Crippen molar-refractivity contribution in [2.75, 3.05) is 0 Å². The third-order valence-corrected chi connectivity index (χ3v) is 5.55. The first-order chi connectivity index (χ1) is 8.00. The molecule has 2 rings (SSSR count). The quantitative estimate of drug-likeness (QED) is 0.614. The molecule has 1 aromatic carbocycles. The van der Waals surface area contributed by atoms with E-state index in [0.717, 1.165) is 4.47 Å². The van der Waals surface area contributed by atoms with Crippen molar-refractivity contribution in [2.24, 2.45) is 0 Å². The van der Waals surface area contributed by atoms with E-state index in [9.17, 15) is 0 Å². The highest BCUT2D eigenvalue weighted by Crippen LogP contribution is 2.38. The molecule has 0 fully saturated rings. The summed E-state index contributed by atoms with van der Waals surface area (Å²) in [6.45, 7) is 6.35. The van der Waals surface area contributed by atoms with Crippen LogP contribution in [0.4, 0.5) is 0 Å². The zero-order chi connectivity index (χ0) is 12.6. The molecule has 90 valence electrons. The number of hydrogen-bond donors (Lipinski definition) is 0. The molecule has 0 spiro atoms. The van der Waals surface area contributed by atoms with Gasteiger partial charge in [0.25, 0.3) is 0 Å². The summed E-state index contributed by atoms with van der Waals surface area (Å²) >= 11 is 12.0. The van der Waals surface area contributed by atoms with Gasteiger partial charge in [0.1, 0.15) is 0 Å². The number of hydrogen-bond acceptors (Lipinski definition) is 1. The average Bonchev–Trinajstić information content (AvgIpc) is 2.61. The molecule has 0 aliphatic rings. The van der Waals surface area contributed by atoms with Crippen LogP contribution in [-0.2, 0) is 0 Å². The first-order valence-corrected chi connectivity index (χ1v) is 7.51. The Labute approximate surface area is 120 Å². The van der Waals surface area contributed by atoms with Crippen molar-refractivity contribution in [1.82, 2.24) is 0 Å². The smallest absolute Gasteiger partial charge is 0.0933 e. The highest BCUT2D eigenvalue weighted by Gasteiger charge is 2.18. The number of halogens is 2. The SMILES string of the molecule is Cc1cc(C)c(C(Cl)c2cccc(Br)c2C)s1. The molecule has 0 saturated carbocycles. The molecule has 3 heteroatoms. The third kappa shape index (κ3) is 2.59. The lowest BCUT2D eigenvalue weighted by Gasteiger charge is -2.13. The molecular weight excluding hydrogens is 316 g/mol. The van der Waals surface area contributed by atoms with E-state index >= 15 is 0 Å². The first kappa shape index (κ1) is 13.1. The molecule has 17 heavy (non-hydrogen) atoms. The van der Waals surface area contributed by atoms with Gasteiger partial charge in [0.05, 0.1) is 5.38 Å². The minimum atomic E-state index is -0.0498.